The number of likely N-dealkylation sites (tertiary alicyclic amines) is 1. The summed E-state index contributed by atoms with van der Waals surface area (Å²) in [4.78, 5) is 2.53. The van der Waals surface area contributed by atoms with E-state index >= 15 is 0 Å². The van der Waals surface area contributed by atoms with E-state index < -0.39 is 0 Å². The topological polar surface area (TPSA) is 80.2 Å². The van der Waals surface area contributed by atoms with E-state index in [-0.39, 0.29) is 0 Å². The van der Waals surface area contributed by atoms with Crippen LogP contribution in [-0.2, 0) is 0 Å². The molecule has 1 aromatic heterocycles. The molecule has 20 heavy (non-hydrogen) atoms. The van der Waals surface area contributed by atoms with Gasteiger partial charge in [0.25, 0.3) is 0 Å². The molecule has 2 heterocycles. The van der Waals surface area contributed by atoms with Crippen LogP contribution < -0.4 is 11.1 Å². The zero-order valence-electron chi connectivity index (χ0n) is 11.8. The normalized spacial score (nSPS) is 17.6. The van der Waals surface area contributed by atoms with E-state index in [1.165, 1.54) is 25.9 Å². The molecule has 0 aliphatic carbocycles. The van der Waals surface area contributed by atoms with Crippen LogP contribution in [0.4, 0.5) is 11.4 Å². The van der Waals surface area contributed by atoms with Gasteiger partial charge in [0.15, 0.2) is 11.0 Å². The van der Waals surface area contributed by atoms with Crippen molar-refractivity contribution in [3.05, 3.63) is 12.1 Å². The Bertz CT molecular complexity index is 576. The lowest BCUT2D eigenvalue weighted by molar-refractivity contribution is 0.294. The Labute approximate surface area is 118 Å². The lowest BCUT2D eigenvalue weighted by Crippen LogP contribution is -2.28. The van der Waals surface area contributed by atoms with Gasteiger partial charge in [-0.15, -0.1) is 0 Å². The summed E-state index contributed by atoms with van der Waals surface area (Å²) < 4.78 is 4.77. The molecule has 1 atom stereocenters. The summed E-state index contributed by atoms with van der Waals surface area (Å²) in [5.74, 6) is 0.584. The summed E-state index contributed by atoms with van der Waals surface area (Å²) >= 11 is 0. The van der Waals surface area contributed by atoms with Crippen molar-refractivity contribution in [1.82, 2.24) is 15.2 Å². The van der Waals surface area contributed by atoms with Crippen molar-refractivity contribution in [3.8, 4) is 0 Å². The Kier molecular flexibility index (Phi) is 3.73. The van der Waals surface area contributed by atoms with Crippen molar-refractivity contribution >= 4 is 22.4 Å². The van der Waals surface area contributed by atoms with E-state index in [9.17, 15) is 0 Å². The van der Waals surface area contributed by atoms with E-state index in [0.29, 0.717) is 22.6 Å². The summed E-state index contributed by atoms with van der Waals surface area (Å²) in [6, 6.07) is 3.77. The maximum Gasteiger partial charge on any atom is 0.160 e. The third kappa shape index (κ3) is 2.70. The molecule has 0 spiro atoms. The molecule has 1 saturated heterocycles. The van der Waals surface area contributed by atoms with Crippen molar-refractivity contribution in [2.75, 3.05) is 37.2 Å². The summed E-state index contributed by atoms with van der Waals surface area (Å²) in [7, 11) is 0. The van der Waals surface area contributed by atoms with E-state index in [2.05, 4.69) is 27.5 Å². The molecule has 2 aromatic rings. The summed E-state index contributed by atoms with van der Waals surface area (Å²) in [5.41, 5.74) is 8.70. The van der Waals surface area contributed by atoms with Crippen molar-refractivity contribution in [3.63, 3.8) is 0 Å². The lowest BCUT2D eigenvalue weighted by atomic mass is 10.1. The first-order valence-electron chi connectivity index (χ1n) is 7.21. The molecule has 1 aliphatic rings. The molecule has 0 saturated carbocycles. The number of hydrogen-bond donors (Lipinski definition) is 2. The predicted molar refractivity (Wildman–Crippen MR) is 79.5 cm³/mol. The number of hydrogen-bond acceptors (Lipinski definition) is 6. The van der Waals surface area contributed by atoms with Crippen LogP contribution >= 0.6 is 0 Å². The maximum atomic E-state index is 5.84. The second kappa shape index (κ2) is 5.66. The number of rotatable bonds is 5. The minimum atomic E-state index is 0.584. The average molecular weight is 275 g/mol. The van der Waals surface area contributed by atoms with Crippen LogP contribution in [0.15, 0.2) is 16.8 Å². The first-order chi connectivity index (χ1) is 9.74. The highest BCUT2D eigenvalue weighted by atomic mass is 16.6. The van der Waals surface area contributed by atoms with Crippen LogP contribution in [0.25, 0.3) is 11.0 Å². The Morgan fingerprint density at radius 3 is 2.85 bits per heavy atom. The van der Waals surface area contributed by atoms with E-state index in [4.69, 9.17) is 10.4 Å². The van der Waals surface area contributed by atoms with Gasteiger partial charge in [-0.25, -0.2) is 4.63 Å². The first kappa shape index (κ1) is 13.2. The van der Waals surface area contributed by atoms with E-state index in [1.807, 2.05) is 12.1 Å². The van der Waals surface area contributed by atoms with Crippen molar-refractivity contribution in [2.45, 2.75) is 19.8 Å². The number of anilines is 2. The smallest absolute Gasteiger partial charge is 0.160 e. The van der Waals surface area contributed by atoms with Gasteiger partial charge >= 0.3 is 0 Å². The van der Waals surface area contributed by atoms with Gasteiger partial charge in [-0.2, -0.15) is 0 Å². The van der Waals surface area contributed by atoms with Crippen LogP contribution in [0, 0.1) is 5.92 Å². The zero-order valence-corrected chi connectivity index (χ0v) is 11.8. The standard InChI is InChI=1S/C14H21N5O/c1-10(9-19-6-2-3-7-19)8-16-12-5-4-11(15)13-14(12)18-20-17-13/h4-5,10,16H,2-3,6-9,15H2,1H3. The lowest BCUT2D eigenvalue weighted by Gasteiger charge is -2.20. The summed E-state index contributed by atoms with van der Waals surface area (Å²) in [6.45, 7) is 6.79. The highest BCUT2D eigenvalue weighted by molar-refractivity contribution is 5.94. The number of benzene rings is 1. The number of nitrogens with two attached hydrogens (primary N) is 1. The fraction of sp³-hybridized carbons (Fsp3) is 0.571. The van der Waals surface area contributed by atoms with Crippen molar-refractivity contribution < 1.29 is 4.63 Å². The fourth-order valence-electron chi connectivity index (χ4n) is 2.78. The van der Waals surface area contributed by atoms with Gasteiger partial charge in [0.2, 0.25) is 0 Å². The van der Waals surface area contributed by atoms with Gasteiger partial charge in [0.05, 0.1) is 11.4 Å². The summed E-state index contributed by atoms with van der Waals surface area (Å²) in [5, 5.41) is 11.2. The summed E-state index contributed by atoms with van der Waals surface area (Å²) in [6.07, 6.45) is 2.67. The number of aromatic nitrogens is 2. The minimum absolute atomic E-state index is 0.584. The Hall–Kier alpha value is -1.82. The third-order valence-electron chi connectivity index (χ3n) is 3.86. The molecule has 3 N–H and O–H groups in total. The highest BCUT2D eigenvalue weighted by Crippen LogP contribution is 2.25. The fourth-order valence-corrected chi connectivity index (χ4v) is 2.78. The minimum Gasteiger partial charge on any atom is -0.397 e. The van der Waals surface area contributed by atoms with E-state index in [1.54, 1.807) is 0 Å². The largest absolute Gasteiger partial charge is 0.397 e. The molecule has 0 bridgehead atoms. The molecule has 1 aromatic carbocycles. The number of fused-ring (bicyclic) bond motifs is 1. The average Bonchev–Trinajstić information content (AvgIpc) is 3.09. The number of nitrogen functional groups attached to an aromatic ring is 1. The van der Waals surface area contributed by atoms with Crippen LogP contribution in [0.2, 0.25) is 0 Å². The first-order valence-corrected chi connectivity index (χ1v) is 7.21. The second-order valence-corrected chi connectivity index (χ2v) is 5.66. The Morgan fingerprint density at radius 2 is 2.05 bits per heavy atom. The highest BCUT2D eigenvalue weighted by Gasteiger charge is 2.15. The van der Waals surface area contributed by atoms with Gasteiger partial charge in [0, 0.05) is 13.1 Å². The third-order valence-corrected chi connectivity index (χ3v) is 3.86. The SMILES string of the molecule is CC(CNc1ccc(N)c2nonc12)CN1CCCC1. The number of nitrogens with one attached hydrogen (secondary N) is 1. The predicted octanol–water partition coefficient (Wildman–Crippen LogP) is 1.95. The molecule has 1 fully saturated rings. The molecule has 108 valence electrons. The molecule has 1 unspecified atom stereocenters. The molecule has 1 aliphatic heterocycles. The second-order valence-electron chi connectivity index (χ2n) is 5.66. The molecule has 3 rings (SSSR count). The Morgan fingerprint density at radius 1 is 1.30 bits per heavy atom. The van der Waals surface area contributed by atoms with Gasteiger partial charge in [-0.1, -0.05) is 6.92 Å². The van der Waals surface area contributed by atoms with Crippen molar-refractivity contribution in [2.24, 2.45) is 5.92 Å². The molecule has 6 heteroatoms. The van der Waals surface area contributed by atoms with Crippen LogP contribution in [0.1, 0.15) is 19.8 Å². The van der Waals surface area contributed by atoms with Crippen molar-refractivity contribution in [1.29, 1.82) is 0 Å². The van der Waals surface area contributed by atoms with Crippen LogP contribution in [0.3, 0.4) is 0 Å². The number of nitrogens with zero attached hydrogens (tertiary/aromatic N) is 3. The quantitative estimate of drug-likeness (QED) is 0.812. The molecular formula is C14H21N5O. The van der Waals surface area contributed by atoms with Crippen LogP contribution in [-0.4, -0.2) is 41.4 Å². The monoisotopic (exact) mass is 275 g/mol. The van der Waals surface area contributed by atoms with Gasteiger partial charge < -0.3 is 16.0 Å². The van der Waals surface area contributed by atoms with Crippen LogP contribution in [0.5, 0.6) is 0 Å². The van der Waals surface area contributed by atoms with Gasteiger partial charge in [-0.05, 0) is 54.3 Å². The maximum absolute atomic E-state index is 5.84. The molecule has 0 radical (unpaired) electrons. The van der Waals surface area contributed by atoms with Gasteiger partial charge in [-0.3, -0.25) is 0 Å². The Balaban J connectivity index is 1.61. The van der Waals surface area contributed by atoms with E-state index in [0.717, 1.165) is 18.8 Å². The molecule has 0 amide bonds. The van der Waals surface area contributed by atoms with Gasteiger partial charge in [0.1, 0.15) is 0 Å². The molecular weight excluding hydrogens is 254 g/mol. The zero-order chi connectivity index (χ0) is 13.9. The molecule has 6 nitrogen and oxygen atoms in total.